The Labute approximate surface area is 129 Å². The van der Waals surface area contributed by atoms with Gasteiger partial charge in [0, 0.05) is 26.4 Å². The summed E-state index contributed by atoms with van der Waals surface area (Å²) in [6, 6.07) is -0.709. The standard InChI is InChI=1S/C7H13NO3.C7H12O4/c2*8-6(7(9)10)5-1-3-11-4-2-5/h5-6H,1-4,8H2,(H,9,10);5-6,8H,1-4H2,(H,9,10)/t2*6-/m00/s1. The summed E-state index contributed by atoms with van der Waals surface area (Å²) in [4.78, 5) is 20.7. The van der Waals surface area contributed by atoms with Gasteiger partial charge >= 0.3 is 11.9 Å². The van der Waals surface area contributed by atoms with Crippen LogP contribution in [0, 0.1) is 11.8 Å². The van der Waals surface area contributed by atoms with Crippen LogP contribution in [0.1, 0.15) is 25.7 Å². The van der Waals surface area contributed by atoms with Crippen molar-refractivity contribution in [1.82, 2.24) is 0 Å². The molecule has 0 bridgehead atoms. The number of hydrogen-bond acceptors (Lipinski definition) is 6. The topological polar surface area (TPSA) is 139 Å². The van der Waals surface area contributed by atoms with E-state index in [1.54, 1.807) is 0 Å². The first-order valence-electron chi connectivity index (χ1n) is 7.48. The fraction of sp³-hybridized carbons (Fsp3) is 0.857. The predicted molar refractivity (Wildman–Crippen MR) is 76.3 cm³/mol. The van der Waals surface area contributed by atoms with Crippen LogP contribution in [0.15, 0.2) is 0 Å². The van der Waals surface area contributed by atoms with Gasteiger partial charge in [-0.2, -0.15) is 0 Å². The Bertz CT molecular complexity index is 317. The van der Waals surface area contributed by atoms with E-state index in [1.165, 1.54) is 0 Å². The molecule has 2 saturated heterocycles. The van der Waals surface area contributed by atoms with Gasteiger partial charge in [0.25, 0.3) is 0 Å². The first-order chi connectivity index (χ1) is 10.4. The number of carboxylic acids is 2. The Morgan fingerprint density at radius 3 is 1.64 bits per heavy atom. The molecule has 0 unspecified atom stereocenters. The van der Waals surface area contributed by atoms with Gasteiger partial charge in [0.05, 0.1) is 0 Å². The lowest BCUT2D eigenvalue weighted by Gasteiger charge is -2.24. The molecular weight excluding hydrogens is 294 g/mol. The van der Waals surface area contributed by atoms with Gasteiger partial charge in [0.1, 0.15) is 6.04 Å². The van der Waals surface area contributed by atoms with Crippen LogP contribution in [0.2, 0.25) is 0 Å². The second-order valence-corrected chi connectivity index (χ2v) is 5.55. The Kier molecular flexibility index (Phi) is 8.32. The van der Waals surface area contributed by atoms with Crippen molar-refractivity contribution in [2.75, 3.05) is 26.4 Å². The van der Waals surface area contributed by atoms with E-state index < -0.39 is 24.1 Å². The van der Waals surface area contributed by atoms with Crippen molar-refractivity contribution in [2.24, 2.45) is 17.6 Å². The Balaban J connectivity index is 0.000000220. The van der Waals surface area contributed by atoms with E-state index in [0.717, 1.165) is 12.8 Å². The molecule has 2 aliphatic rings. The lowest BCUT2D eigenvalue weighted by Crippen LogP contribution is -2.40. The van der Waals surface area contributed by atoms with Gasteiger partial charge in [-0.1, -0.05) is 0 Å². The summed E-state index contributed by atoms with van der Waals surface area (Å²) in [5.41, 5.74) is 5.44. The van der Waals surface area contributed by atoms with Crippen molar-refractivity contribution in [3.8, 4) is 0 Å². The Morgan fingerprint density at radius 1 is 0.864 bits per heavy atom. The summed E-state index contributed by atoms with van der Waals surface area (Å²) in [6.07, 6.45) is 1.63. The zero-order valence-corrected chi connectivity index (χ0v) is 12.5. The van der Waals surface area contributed by atoms with Crippen molar-refractivity contribution in [3.63, 3.8) is 0 Å². The number of carbonyl (C=O) groups is 2. The number of aliphatic hydroxyl groups excluding tert-OH is 1. The third-order valence-corrected chi connectivity index (χ3v) is 4.02. The molecule has 2 fully saturated rings. The number of aliphatic hydroxyl groups is 1. The molecule has 0 amide bonds. The van der Waals surface area contributed by atoms with Crippen molar-refractivity contribution < 1.29 is 34.4 Å². The molecule has 2 aliphatic heterocycles. The van der Waals surface area contributed by atoms with Crippen LogP contribution in [0.25, 0.3) is 0 Å². The Hall–Kier alpha value is -1.22. The summed E-state index contributed by atoms with van der Waals surface area (Å²) < 4.78 is 10.1. The smallest absolute Gasteiger partial charge is 0.332 e. The van der Waals surface area contributed by atoms with Gasteiger partial charge in [-0.25, -0.2) is 4.79 Å². The summed E-state index contributed by atoms with van der Waals surface area (Å²) >= 11 is 0. The van der Waals surface area contributed by atoms with Crippen LogP contribution >= 0.6 is 0 Å². The van der Waals surface area contributed by atoms with E-state index in [4.69, 9.17) is 30.5 Å². The molecule has 128 valence electrons. The lowest BCUT2D eigenvalue weighted by atomic mass is 9.92. The fourth-order valence-corrected chi connectivity index (χ4v) is 2.51. The van der Waals surface area contributed by atoms with Gasteiger partial charge < -0.3 is 30.5 Å². The molecule has 5 N–H and O–H groups in total. The van der Waals surface area contributed by atoms with Gasteiger partial charge in [0.2, 0.25) is 0 Å². The summed E-state index contributed by atoms with van der Waals surface area (Å²) in [6.45, 7) is 2.42. The van der Waals surface area contributed by atoms with Crippen LogP contribution in [0.3, 0.4) is 0 Å². The summed E-state index contributed by atoms with van der Waals surface area (Å²) in [7, 11) is 0. The van der Waals surface area contributed by atoms with Crippen LogP contribution in [-0.2, 0) is 19.1 Å². The van der Waals surface area contributed by atoms with Crippen molar-refractivity contribution in [1.29, 1.82) is 0 Å². The molecule has 2 heterocycles. The maximum atomic E-state index is 10.4. The third kappa shape index (κ3) is 6.27. The van der Waals surface area contributed by atoms with Crippen LogP contribution in [0.5, 0.6) is 0 Å². The second-order valence-electron chi connectivity index (χ2n) is 5.55. The van der Waals surface area contributed by atoms with Crippen LogP contribution in [-0.4, -0.2) is 65.8 Å². The summed E-state index contributed by atoms with van der Waals surface area (Å²) in [5, 5.41) is 26.1. The SMILES string of the molecule is N[C@H](C(=O)O)C1CCOCC1.O=C(O)[C@@H](O)C1CCOCC1. The van der Waals surface area contributed by atoms with Crippen molar-refractivity contribution in [3.05, 3.63) is 0 Å². The molecule has 2 atom stereocenters. The minimum atomic E-state index is -1.21. The number of rotatable bonds is 4. The average molecular weight is 319 g/mol. The molecule has 0 aromatic heterocycles. The van der Waals surface area contributed by atoms with Crippen LogP contribution < -0.4 is 5.73 Å². The maximum absolute atomic E-state index is 10.4. The normalized spacial score (nSPS) is 23.0. The summed E-state index contributed by atoms with van der Waals surface area (Å²) in [5.74, 6) is -2.06. The number of hydrogen-bond donors (Lipinski definition) is 4. The highest BCUT2D eigenvalue weighted by Crippen LogP contribution is 2.18. The molecule has 0 radical (unpaired) electrons. The molecule has 0 aromatic rings. The number of ether oxygens (including phenoxy) is 2. The highest BCUT2D eigenvalue weighted by atomic mass is 16.5. The van der Waals surface area contributed by atoms with Crippen molar-refractivity contribution in [2.45, 2.75) is 37.8 Å². The first-order valence-corrected chi connectivity index (χ1v) is 7.48. The lowest BCUT2D eigenvalue weighted by molar-refractivity contribution is -0.151. The minimum Gasteiger partial charge on any atom is -0.480 e. The van der Waals surface area contributed by atoms with E-state index in [-0.39, 0.29) is 11.8 Å². The number of carboxylic acid groups (broad SMARTS) is 2. The molecule has 0 aromatic carbocycles. The van der Waals surface area contributed by atoms with Crippen LogP contribution in [0.4, 0.5) is 0 Å². The Morgan fingerprint density at radius 2 is 1.27 bits per heavy atom. The quantitative estimate of drug-likeness (QED) is 0.553. The third-order valence-electron chi connectivity index (χ3n) is 4.02. The van der Waals surface area contributed by atoms with E-state index in [9.17, 15) is 9.59 Å². The minimum absolute atomic E-state index is 0.0984. The molecule has 22 heavy (non-hydrogen) atoms. The largest absolute Gasteiger partial charge is 0.480 e. The molecule has 0 saturated carbocycles. The second kappa shape index (κ2) is 9.73. The zero-order chi connectivity index (χ0) is 16.5. The molecule has 0 spiro atoms. The van der Waals surface area contributed by atoms with Gasteiger partial charge in [-0.05, 0) is 37.5 Å². The monoisotopic (exact) mass is 319 g/mol. The van der Waals surface area contributed by atoms with Gasteiger partial charge in [-0.3, -0.25) is 4.79 Å². The first kappa shape index (κ1) is 18.8. The van der Waals surface area contributed by atoms with E-state index in [0.29, 0.717) is 39.3 Å². The molecule has 0 aliphatic carbocycles. The molecular formula is C14H25NO7. The maximum Gasteiger partial charge on any atom is 0.332 e. The predicted octanol–water partition coefficient (Wildman–Crippen LogP) is -0.317. The van der Waals surface area contributed by atoms with Gasteiger partial charge in [0.15, 0.2) is 6.10 Å². The fourth-order valence-electron chi connectivity index (χ4n) is 2.51. The average Bonchev–Trinajstić information content (AvgIpc) is 2.55. The van der Waals surface area contributed by atoms with Gasteiger partial charge in [-0.15, -0.1) is 0 Å². The molecule has 8 heteroatoms. The van der Waals surface area contributed by atoms with E-state index >= 15 is 0 Å². The highest BCUT2D eigenvalue weighted by Gasteiger charge is 2.27. The van der Waals surface area contributed by atoms with E-state index in [1.807, 2.05) is 0 Å². The highest BCUT2D eigenvalue weighted by molar-refractivity contribution is 5.73. The molecule has 8 nitrogen and oxygen atoms in total. The zero-order valence-electron chi connectivity index (χ0n) is 12.5. The van der Waals surface area contributed by atoms with E-state index in [2.05, 4.69) is 0 Å². The number of nitrogens with two attached hydrogens (primary N) is 1. The molecule has 2 rings (SSSR count). The van der Waals surface area contributed by atoms with Crippen molar-refractivity contribution >= 4 is 11.9 Å². The number of aliphatic carboxylic acids is 2.